The molecule has 26 valence electrons. The van der Waals surface area contributed by atoms with Crippen LogP contribution in [0, 0.1) is 11.8 Å². The SMILES string of the molecule is O.[C-]#N.[K+].[Pd+2]. The molecule has 0 saturated heterocycles. The number of hydrogen-bond acceptors (Lipinski definition) is 1. The Balaban J connectivity index is -0.00000000167. The van der Waals surface area contributed by atoms with Crippen LogP contribution in [0.25, 0.3) is 0 Å². The Bertz CT molecular complexity index is 16.4. The fourth-order valence-electron chi connectivity index (χ4n) is 0. The predicted octanol–water partition coefficient (Wildman–Crippen LogP) is -3.73. The van der Waals surface area contributed by atoms with Crippen LogP contribution in [0.3, 0.4) is 0 Å². The normalized spacial score (nSPS) is 0.400. The van der Waals surface area contributed by atoms with Gasteiger partial charge in [0.15, 0.2) is 0 Å². The van der Waals surface area contributed by atoms with Crippen molar-refractivity contribution in [3.05, 3.63) is 6.57 Å². The Morgan fingerprint density at radius 2 is 1.20 bits per heavy atom. The van der Waals surface area contributed by atoms with Crippen LogP contribution in [-0.2, 0) is 20.4 Å². The minimum absolute atomic E-state index is 0. The van der Waals surface area contributed by atoms with Gasteiger partial charge in [-0.3, -0.25) is 0 Å². The zero-order valence-corrected chi connectivity index (χ0v) is 7.44. The second kappa shape index (κ2) is 42.4. The molecule has 5 heavy (non-hydrogen) atoms. The molecule has 0 amide bonds. The molecule has 2 nitrogen and oxygen atoms in total. The van der Waals surface area contributed by atoms with Gasteiger partial charge in [-0.25, -0.2) is 0 Å². The maximum Gasteiger partial charge on any atom is 2.00 e. The Morgan fingerprint density at radius 3 is 1.20 bits per heavy atom. The van der Waals surface area contributed by atoms with E-state index in [-0.39, 0.29) is 77.3 Å². The topological polar surface area (TPSA) is 55.3 Å². The smallest absolute Gasteiger partial charge is 0.512 e. The molecule has 0 aromatic rings. The van der Waals surface area contributed by atoms with Crippen molar-refractivity contribution in [2.45, 2.75) is 0 Å². The third-order valence-electron chi connectivity index (χ3n) is 0. The second-order valence-electron chi connectivity index (χ2n) is 0. The number of rotatable bonds is 0. The summed E-state index contributed by atoms with van der Waals surface area (Å²) in [5, 5.41) is 6.25. The van der Waals surface area contributed by atoms with Crippen LogP contribution in [0.4, 0.5) is 0 Å². The maximum atomic E-state index is 6.25. The van der Waals surface area contributed by atoms with Crippen molar-refractivity contribution in [3.63, 3.8) is 0 Å². The van der Waals surface area contributed by atoms with Gasteiger partial charge in [0.1, 0.15) is 0 Å². The molecule has 2 N–H and O–H groups in total. The third-order valence-corrected chi connectivity index (χ3v) is 0. The molecular weight excluding hydrogens is 188 g/mol. The van der Waals surface area contributed by atoms with E-state index in [1.807, 2.05) is 0 Å². The van der Waals surface area contributed by atoms with E-state index in [9.17, 15) is 0 Å². The van der Waals surface area contributed by atoms with Gasteiger partial charge in [-0.15, -0.1) is 0 Å². The quantitative estimate of drug-likeness (QED) is 0.286. The van der Waals surface area contributed by atoms with Crippen molar-refractivity contribution in [3.8, 4) is 0 Å². The van der Waals surface area contributed by atoms with E-state index >= 15 is 0 Å². The van der Waals surface area contributed by atoms with E-state index in [4.69, 9.17) is 11.8 Å². The Hall–Kier alpha value is 1.75. The molecule has 0 aromatic heterocycles. The average molecular weight is 190 g/mol. The molecule has 0 aliphatic carbocycles. The maximum absolute atomic E-state index is 6.25. The van der Waals surface area contributed by atoms with Gasteiger partial charge in [0, 0.05) is 0 Å². The minimum Gasteiger partial charge on any atom is -0.512 e. The molecular formula is CH2KNOPd+2. The Kier molecular flexibility index (Phi) is 250. The Morgan fingerprint density at radius 1 is 1.20 bits per heavy atom. The summed E-state index contributed by atoms with van der Waals surface area (Å²) in [6, 6.07) is 0. The summed E-state index contributed by atoms with van der Waals surface area (Å²) >= 11 is 0. The number of hydrogen-bond donors (Lipinski definition) is 0. The third kappa shape index (κ3) is 26.4. The first-order valence-corrected chi connectivity index (χ1v) is 0.224. The van der Waals surface area contributed by atoms with E-state index in [2.05, 4.69) is 0 Å². The van der Waals surface area contributed by atoms with Gasteiger partial charge in [-0.1, -0.05) is 0 Å². The van der Waals surface area contributed by atoms with Gasteiger partial charge in [0.2, 0.25) is 0 Å². The largest absolute Gasteiger partial charge is 2.00 e. The first-order chi connectivity index (χ1) is 1.00. The van der Waals surface area contributed by atoms with Crippen LogP contribution in [0.15, 0.2) is 0 Å². The van der Waals surface area contributed by atoms with E-state index in [0.29, 0.717) is 0 Å². The van der Waals surface area contributed by atoms with E-state index in [1.165, 1.54) is 0 Å². The zero-order valence-electron chi connectivity index (χ0n) is 2.76. The van der Waals surface area contributed by atoms with Crippen molar-refractivity contribution in [2.24, 2.45) is 0 Å². The summed E-state index contributed by atoms with van der Waals surface area (Å²) in [6.07, 6.45) is 0. The van der Waals surface area contributed by atoms with Crippen LogP contribution in [-0.4, -0.2) is 5.48 Å². The van der Waals surface area contributed by atoms with Gasteiger partial charge >= 0.3 is 71.8 Å². The van der Waals surface area contributed by atoms with Gasteiger partial charge < -0.3 is 17.3 Å². The van der Waals surface area contributed by atoms with E-state index in [0.717, 1.165) is 0 Å². The molecule has 0 bridgehead atoms. The van der Waals surface area contributed by atoms with Crippen LogP contribution in [0.1, 0.15) is 0 Å². The average Bonchev–Trinajstić information content (AvgIpc) is 1.00. The second-order valence-corrected chi connectivity index (χ2v) is 0. The molecule has 4 heteroatoms. The van der Waals surface area contributed by atoms with Crippen molar-refractivity contribution in [1.82, 2.24) is 0 Å². The van der Waals surface area contributed by atoms with Gasteiger partial charge in [-0.05, 0) is 0 Å². The summed E-state index contributed by atoms with van der Waals surface area (Å²) in [5.41, 5.74) is 0. The van der Waals surface area contributed by atoms with Crippen molar-refractivity contribution in [2.75, 3.05) is 0 Å². The molecule has 0 spiro atoms. The van der Waals surface area contributed by atoms with Crippen LogP contribution in [0.5, 0.6) is 0 Å². The summed E-state index contributed by atoms with van der Waals surface area (Å²) in [4.78, 5) is 0. The van der Waals surface area contributed by atoms with Crippen molar-refractivity contribution in [1.29, 1.82) is 5.26 Å². The summed E-state index contributed by atoms with van der Waals surface area (Å²) in [6.45, 7) is 4.75. The molecule has 0 unspecified atom stereocenters. The van der Waals surface area contributed by atoms with Crippen LogP contribution in [0.2, 0.25) is 0 Å². The predicted molar refractivity (Wildman–Crippen MR) is 8.58 cm³/mol. The van der Waals surface area contributed by atoms with E-state index in [1.54, 1.807) is 0 Å². The van der Waals surface area contributed by atoms with Gasteiger partial charge in [0.25, 0.3) is 0 Å². The molecule has 0 atom stereocenters. The zero-order chi connectivity index (χ0) is 2.00. The number of nitrogens with zero attached hydrogens (tertiary/aromatic N) is 1. The molecule has 0 saturated carbocycles. The van der Waals surface area contributed by atoms with Gasteiger partial charge in [-0.2, -0.15) is 0 Å². The molecule has 0 aliphatic heterocycles. The molecule has 0 rings (SSSR count). The first-order valence-electron chi connectivity index (χ1n) is 0.224. The fraction of sp³-hybridized carbons (Fsp3) is 0. The standard InChI is InChI=1S/CN.K.H2O.Pd/c1-2;;;/h;;1H2;/q-1;+1;;+2. The monoisotopic (exact) mass is 189 g/mol. The minimum atomic E-state index is 0. The summed E-state index contributed by atoms with van der Waals surface area (Å²) < 4.78 is 0. The summed E-state index contributed by atoms with van der Waals surface area (Å²) in [7, 11) is 0. The molecule has 0 radical (unpaired) electrons. The molecule has 0 aliphatic rings. The fourth-order valence-corrected chi connectivity index (χ4v) is 0. The molecule has 0 heterocycles. The van der Waals surface area contributed by atoms with Gasteiger partial charge in [0.05, 0.1) is 0 Å². The van der Waals surface area contributed by atoms with Crippen LogP contribution >= 0.6 is 0 Å². The van der Waals surface area contributed by atoms with Crippen molar-refractivity contribution < 1.29 is 77.3 Å². The van der Waals surface area contributed by atoms with E-state index < -0.39 is 0 Å². The molecule has 0 fully saturated rings. The first kappa shape index (κ1) is 29.5. The van der Waals surface area contributed by atoms with Crippen LogP contribution < -0.4 is 51.4 Å². The van der Waals surface area contributed by atoms with Crippen molar-refractivity contribution >= 4 is 0 Å². The summed E-state index contributed by atoms with van der Waals surface area (Å²) in [5.74, 6) is 0. The molecule has 0 aromatic carbocycles. The Labute approximate surface area is 87.3 Å².